The molecule has 0 aromatic rings. The highest BCUT2D eigenvalue weighted by Gasteiger charge is 2.36. The lowest BCUT2D eigenvalue weighted by Gasteiger charge is -2.30. The maximum atomic E-state index is 12.1. The summed E-state index contributed by atoms with van der Waals surface area (Å²) in [6, 6.07) is 2.21. The van der Waals surface area contributed by atoms with E-state index in [1.54, 1.807) is 4.90 Å². The zero-order chi connectivity index (χ0) is 12.5. The van der Waals surface area contributed by atoms with Crippen molar-refractivity contribution in [1.82, 2.24) is 4.90 Å². The molecule has 2 aliphatic heterocycles. The van der Waals surface area contributed by atoms with Gasteiger partial charge in [-0.05, 0) is 19.3 Å². The van der Waals surface area contributed by atoms with Gasteiger partial charge in [-0.15, -0.1) is 0 Å². The molecule has 2 heterocycles. The molecule has 1 unspecified atom stereocenters. The van der Waals surface area contributed by atoms with Gasteiger partial charge in [0.25, 0.3) is 0 Å². The van der Waals surface area contributed by atoms with Gasteiger partial charge in [-0.3, -0.25) is 4.79 Å². The van der Waals surface area contributed by atoms with Crippen molar-refractivity contribution in [2.45, 2.75) is 19.3 Å². The van der Waals surface area contributed by atoms with Gasteiger partial charge in [-0.2, -0.15) is 5.26 Å². The molecule has 0 aromatic heterocycles. The second-order valence-corrected chi connectivity index (χ2v) is 7.06. The van der Waals surface area contributed by atoms with Gasteiger partial charge < -0.3 is 4.90 Å². The normalized spacial score (nSPS) is 28.9. The highest BCUT2D eigenvalue weighted by Crippen LogP contribution is 2.24. The van der Waals surface area contributed by atoms with Crippen molar-refractivity contribution in [3.8, 4) is 6.07 Å². The fourth-order valence-corrected chi connectivity index (χ4v) is 4.21. The fourth-order valence-electron chi connectivity index (χ4n) is 2.48. The second-order valence-electron chi connectivity index (χ2n) is 4.83. The van der Waals surface area contributed by atoms with Gasteiger partial charge in [0.05, 0.1) is 23.5 Å². The van der Waals surface area contributed by atoms with Crippen molar-refractivity contribution in [2.75, 3.05) is 24.6 Å². The Morgan fingerprint density at radius 3 is 2.35 bits per heavy atom. The Labute approximate surface area is 101 Å². The van der Waals surface area contributed by atoms with Gasteiger partial charge >= 0.3 is 0 Å². The van der Waals surface area contributed by atoms with Crippen LogP contribution in [-0.4, -0.2) is 43.8 Å². The number of likely N-dealkylation sites (tertiary alicyclic amines) is 1. The smallest absolute Gasteiger partial charge is 0.226 e. The van der Waals surface area contributed by atoms with Crippen molar-refractivity contribution < 1.29 is 13.2 Å². The molecule has 1 atom stereocenters. The lowest BCUT2D eigenvalue weighted by Crippen LogP contribution is -2.41. The van der Waals surface area contributed by atoms with E-state index in [-0.39, 0.29) is 29.2 Å². The molecule has 6 heteroatoms. The molecular formula is C11H16N2O3S. The number of amides is 1. The minimum absolute atomic E-state index is 0.00398. The van der Waals surface area contributed by atoms with Crippen LogP contribution >= 0.6 is 0 Å². The van der Waals surface area contributed by atoms with Crippen LogP contribution in [0, 0.1) is 23.2 Å². The average molecular weight is 256 g/mol. The minimum atomic E-state index is -2.99. The maximum absolute atomic E-state index is 12.1. The molecule has 2 saturated heterocycles. The van der Waals surface area contributed by atoms with Crippen LogP contribution in [0.4, 0.5) is 0 Å². The highest BCUT2D eigenvalue weighted by molar-refractivity contribution is 7.91. The van der Waals surface area contributed by atoms with Crippen molar-refractivity contribution >= 4 is 15.7 Å². The summed E-state index contributed by atoms with van der Waals surface area (Å²) in [6.45, 7) is 1.18. The van der Waals surface area contributed by atoms with Crippen molar-refractivity contribution in [2.24, 2.45) is 11.8 Å². The quantitative estimate of drug-likeness (QED) is 0.670. The molecular weight excluding hydrogens is 240 g/mol. The Kier molecular flexibility index (Phi) is 3.38. The molecule has 0 radical (unpaired) electrons. The van der Waals surface area contributed by atoms with Crippen LogP contribution in [0.2, 0.25) is 0 Å². The summed E-state index contributed by atoms with van der Waals surface area (Å²) in [5, 5.41) is 8.76. The van der Waals surface area contributed by atoms with Gasteiger partial charge in [0.15, 0.2) is 9.84 Å². The van der Waals surface area contributed by atoms with E-state index in [0.717, 1.165) is 0 Å². The lowest BCUT2D eigenvalue weighted by molar-refractivity contribution is -0.135. The summed E-state index contributed by atoms with van der Waals surface area (Å²) in [5.74, 6) is -0.199. The SMILES string of the molecule is N#CC1CCN(C(=O)C2CCS(=O)(=O)C2)CC1. The standard InChI is InChI=1S/C11H16N2O3S/c12-7-9-1-4-13(5-2-9)11(14)10-3-6-17(15,16)8-10/h9-10H,1-6,8H2. The monoisotopic (exact) mass is 256 g/mol. The van der Waals surface area contributed by atoms with Crippen LogP contribution in [-0.2, 0) is 14.6 Å². The zero-order valence-corrected chi connectivity index (χ0v) is 10.4. The highest BCUT2D eigenvalue weighted by atomic mass is 32.2. The lowest BCUT2D eigenvalue weighted by atomic mass is 9.97. The first kappa shape index (κ1) is 12.4. The molecule has 0 aromatic carbocycles. The minimum Gasteiger partial charge on any atom is -0.342 e. The predicted molar refractivity (Wildman–Crippen MR) is 61.7 cm³/mol. The summed E-state index contributed by atoms with van der Waals surface area (Å²) >= 11 is 0. The number of rotatable bonds is 1. The third-order valence-electron chi connectivity index (χ3n) is 3.57. The van der Waals surface area contributed by atoms with Gasteiger partial charge in [-0.1, -0.05) is 0 Å². The summed E-state index contributed by atoms with van der Waals surface area (Å²) in [4.78, 5) is 13.8. The van der Waals surface area contributed by atoms with E-state index in [1.165, 1.54) is 0 Å². The van der Waals surface area contributed by atoms with Crippen molar-refractivity contribution in [1.29, 1.82) is 5.26 Å². The summed E-state index contributed by atoms with van der Waals surface area (Å²) in [6.07, 6.45) is 1.88. The molecule has 17 heavy (non-hydrogen) atoms. The van der Waals surface area contributed by atoms with E-state index >= 15 is 0 Å². The van der Waals surface area contributed by atoms with Gasteiger partial charge in [0, 0.05) is 19.0 Å². The van der Waals surface area contributed by atoms with Gasteiger partial charge in [0.1, 0.15) is 0 Å². The van der Waals surface area contributed by atoms with Gasteiger partial charge in [0.2, 0.25) is 5.91 Å². The van der Waals surface area contributed by atoms with Crippen LogP contribution in [0.1, 0.15) is 19.3 Å². The molecule has 0 spiro atoms. The largest absolute Gasteiger partial charge is 0.342 e. The van der Waals surface area contributed by atoms with Crippen molar-refractivity contribution in [3.63, 3.8) is 0 Å². The number of hydrogen-bond donors (Lipinski definition) is 0. The number of carbonyl (C=O) groups is 1. The molecule has 0 bridgehead atoms. The van der Waals surface area contributed by atoms with E-state index in [1.807, 2.05) is 0 Å². The summed E-state index contributed by atoms with van der Waals surface area (Å²) < 4.78 is 22.6. The van der Waals surface area contributed by atoms with E-state index < -0.39 is 9.84 Å². The van der Waals surface area contributed by atoms with E-state index in [2.05, 4.69) is 6.07 Å². The van der Waals surface area contributed by atoms with Crippen LogP contribution in [0.5, 0.6) is 0 Å². The first-order valence-corrected chi connectivity index (χ1v) is 7.73. The Morgan fingerprint density at radius 2 is 1.88 bits per heavy atom. The molecule has 5 nitrogen and oxygen atoms in total. The molecule has 0 saturated carbocycles. The summed E-state index contributed by atoms with van der Waals surface area (Å²) in [5.41, 5.74) is 0. The van der Waals surface area contributed by atoms with E-state index in [4.69, 9.17) is 5.26 Å². The Balaban J connectivity index is 1.92. The second kappa shape index (κ2) is 4.65. The zero-order valence-electron chi connectivity index (χ0n) is 9.63. The maximum Gasteiger partial charge on any atom is 0.226 e. The Morgan fingerprint density at radius 1 is 1.24 bits per heavy atom. The van der Waals surface area contributed by atoms with E-state index in [9.17, 15) is 13.2 Å². The first-order chi connectivity index (χ1) is 8.02. The average Bonchev–Trinajstić information content (AvgIpc) is 2.69. The number of nitriles is 1. The van der Waals surface area contributed by atoms with E-state index in [0.29, 0.717) is 32.4 Å². The third kappa shape index (κ3) is 2.78. The Hall–Kier alpha value is -1.09. The fraction of sp³-hybridized carbons (Fsp3) is 0.818. The molecule has 2 rings (SSSR count). The predicted octanol–water partition coefficient (Wildman–Crippen LogP) is 0.183. The number of hydrogen-bond acceptors (Lipinski definition) is 4. The number of nitrogens with zero attached hydrogens (tertiary/aromatic N) is 2. The first-order valence-electron chi connectivity index (χ1n) is 5.90. The Bertz CT molecular complexity index is 444. The molecule has 94 valence electrons. The van der Waals surface area contributed by atoms with Gasteiger partial charge in [-0.25, -0.2) is 8.42 Å². The molecule has 0 N–H and O–H groups in total. The summed E-state index contributed by atoms with van der Waals surface area (Å²) in [7, 11) is -2.99. The number of piperidine rings is 1. The van der Waals surface area contributed by atoms with Crippen molar-refractivity contribution in [3.05, 3.63) is 0 Å². The number of sulfone groups is 1. The third-order valence-corrected chi connectivity index (χ3v) is 5.34. The molecule has 1 amide bonds. The molecule has 2 fully saturated rings. The molecule has 2 aliphatic rings. The number of carbonyl (C=O) groups excluding carboxylic acids is 1. The van der Waals surface area contributed by atoms with Crippen LogP contribution in [0.15, 0.2) is 0 Å². The molecule has 0 aliphatic carbocycles. The van der Waals surface area contributed by atoms with Crippen LogP contribution in [0.3, 0.4) is 0 Å². The van der Waals surface area contributed by atoms with Crippen LogP contribution in [0.25, 0.3) is 0 Å². The van der Waals surface area contributed by atoms with Crippen LogP contribution < -0.4 is 0 Å². The topological polar surface area (TPSA) is 78.2 Å².